The molecule has 0 aliphatic heterocycles. The van der Waals surface area contributed by atoms with E-state index in [-0.39, 0.29) is 11.9 Å². The van der Waals surface area contributed by atoms with Crippen molar-refractivity contribution < 1.29 is 4.79 Å². The summed E-state index contributed by atoms with van der Waals surface area (Å²) in [6, 6.07) is 5.08. The summed E-state index contributed by atoms with van der Waals surface area (Å²) in [7, 11) is 0. The topological polar surface area (TPSA) is 42.0 Å². The summed E-state index contributed by atoms with van der Waals surface area (Å²) < 4.78 is 0.822. The molecule has 1 heterocycles. The molecule has 1 aromatic heterocycles. The summed E-state index contributed by atoms with van der Waals surface area (Å²) >= 11 is 11.0. The van der Waals surface area contributed by atoms with Gasteiger partial charge in [-0.25, -0.2) is 4.98 Å². The number of halogens is 2. The molecule has 0 aliphatic carbocycles. The van der Waals surface area contributed by atoms with Crippen LogP contribution in [-0.4, -0.2) is 10.9 Å². The van der Waals surface area contributed by atoms with Gasteiger partial charge in [-0.2, -0.15) is 0 Å². The second-order valence-corrected chi connectivity index (χ2v) is 6.81. The summed E-state index contributed by atoms with van der Waals surface area (Å²) in [6.45, 7) is 4.00. The highest BCUT2D eigenvalue weighted by Crippen LogP contribution is 2.23. The number of carbonyl (C=O) groups excluding carboxylic acids is 1. The molecule has 6 heteroatoms. The van der Waals surface area contributed by atoms with Crippen molar-refractivity contribution in [1.82, 2.24) is 10.3 Å². The van der Waals surface area contributed by atoms with E-state index in [1.165, 1.54) is 4.88 Å². The number of hydrogen-bond acceptors (Lipinski definition) is 3. The number of benzene rings is 1. The van der Waals surface area contributed by atoms with Crippen molar-refractivity contribution in [3.63, 3.8) is 0 Å². The Kier molecular flexibility index (Phi) is 5.18. The number of aryl methyl sites for hydroxylation is 1. The third-order valence-electron chi connectivity index (χ3n) is 2.81. The van der Waals surface area contributed by atoms with Crippen LogP contribution in [0.2, 0.25) is 5.02 Å². The highest BCUT2D eigenvalue weighted by Gasteiger charge is 2.16. The van der Waals surface area contributed by atoms with Gasteiger partial charge in [-0.3, -0.25) is 4.79 Å². The SMILES string of the molecule is CCc1cnc(C(C)NC(=O)c2cc(Br)ccc2Cl)s1. The lowest BCUT2D eigenvalue weighted by molar-refractivity contribution is 0.0940. The van der Waals surface area contributed by atoms with Gasteiger partial charge in [0, 0.05) is 15.5 Å². The van der Waals surface area contributed by atoms with E-state index in [0.717, 1.165) is 15.9 Å². The number of amides is 1. The molecule has 1 amide bonds. The van der Waals surface area contributed by atoms with E-state index in [2.05, 4.69) is 33.2 Å². The average Bonchev–Trinajstić information content (AvgIpc) is 2.90. The van der Waals surface area contributed by atoms with Crippen LogP contribution in [-0.2, 0) is 6.42 Å². The van der Waals surface area contributed by atoms with E-state index in [1.54, 1.807) is 29.5 Å². The van der Waals surface area contributed by atoms with Crippen molar-refractivity contribution in [1.29, 1.82) is 0 Å². The van der Waals surface area contributed by atoms with E-state index in [9.17, 15) is 4.79 Å². The van der Waals surface area contributed by atoms with Gasteiger partial charge in [-0.1, -0.05) is 34.5 Å². The monoisotopic (exact) mass is 372 g/mol. The van der Waals surface area contributed by atoms with Gasteiger partial charge in [0.1, 0.15) is 5.01 Å². The molecule has 0 radical (unpaired) electrons. The number of nitrogens with zero attached hydrogens (tertiary/aromatic N) is 1. The van der Waals surface area contributed by atoms with E-state index >= 15 is 0 Å². The molecule has 0 fully saturated rings. The van der Waals surface area contributed by atoms with Crippen LogP contribution in [0, 0.1) is 0 Å². The summed E-state index contributed by atoms with van der Waals surface area (Å²) in [5, 5.41) is 4.26. The van der Waals surface area contributed by atoms with Crippen molar-refractivity contribution in [3.8, 4) is 0 Å². The summed E-state index contributed by atoms with van der Waals surface area (Å²) in [4.78, 5) is 17.8. The average molecular weight is 374 g/mol. The van der Waals surface area contributed by atoms with Crippen LogP contribution in [0.4, 0.5) is 0 Å². The predicted molar refractivity (Wildman–Crippen MR) is 86.5 cm³/mol. The number of carbonyl (C=O) groups is 1. The molecule has 20 heavy (non-hydrogen) atoms. The first-order valence-electron chi connectivity index (χ1n) is 6.21. The largest absolute Gasteiger partial charge is 0.343 e. The molecule has 1 atom stereocenters. The zero-order chi connectivity index (χ0) is 14.7. The second-order valence-electron chi connectivity index (χ2n) is 4.34. The molecular formula is C14H14BrClN2OS. The Hall–Kier alpha value is -0.910. The third kappa shape index (κ3) is 3.59. The fourth-order valence-electron chi connectivity index (χ4n) is 1.69. The summed E-state index contributed by atoms with van der Waals surface area (Å²) in [5.41, 5.74) is 0.458. The molecule has 1 aromatic carbocycles. The van der Waals surface area contributed by atoms with Gasteiger partial charge >= 0.3 is 0 Å². The van der Waals surface area contributed by atoms with Gasteiger partial charge in [0.15, 0.2) is 0 Å². The number of nitrogens with one attached hydrogen (secondary N) is 1. The quantitative estimate of drug-likeness (QED) is 0.850. The number of aromatic nitrogens is 1. The van der Waals surface area contributed by atoms with Crippen LogP contribution in [0.25, 0.3) is 0 Å². The van der Waals surface area contributed by atoms with E-state index in [1.807, 2.05) is 13.1 Å². The van der Waals surface area contributed by atoms with Gasteiger partial charge in [-0.05, 0) is 31.5 Å². The van der Waals surface area contributed by atoms with Gasteiger partial charge in [0.25, 0.3) is 5.91 Å². The number of hydrogen-bond donors (Lipinski definition) is 1. The molecule has 1 N–H and O–H groups in total. The lowest BCUT2D eigenvalue weighted by Gasteiger charge is -2.12. The standard InChI is InChI=1S/C14H14BrClN2OS/c1-3-10-7-17-14(20-10)8(2)18-13(19)11-6-9(15)4-5-12(11)16/h4-8H,3H2,1-2H3,(H,18,19). The Morgan fingerprint density at radius 3 is 2.95 bits per heavy atom. The van der Waals surface area contributed by atoms with Gasteiger partial charge in [0.2, 0.25) is 0 Å². The summed E-state index contributed by atoms with van der Waals surface area (Å²) in [5.74, 6) is -0.197. The Morgan fingerprint density at radius 2 is 2.30 bits per heavy atom. The maximum absolute atomic E-state index is 12.2. The molecule has 0 spiro atoms. The maximum atomic E-state index is 12.2. The molecule has 2 aromatic rings. The minimum absolute atomic E-state index is 0.136. The van der Waals surface area contributed by atoms with Gasteiger partial charge in [0.05, 0.1) is 16.6 Å². The fourth-order valence-corrected chi connectivity index (χ4v) is 3.12. The van der Waals surface area contributed by atoms with E-state index in [4.69, 9.17) is 11.6 Å². The highest BCUT2D eigenvalue weighted by atomic mass is 79.9. The van der Waals surface area contributed by atoms with Crippen LogP contribution in [0.15, 0.2) is 28.9 Å². The van der Waals surface area contributed by atoms with Crippen molar-refractivity contribution in [3.05, 3.63) is 49.3 Å². The van der Waals surface area contributed by atoms with Gasteiger partial charge in [-0.15, -0.1) is 11.3 Å². The Bertz CT molecular complexity index is 629. The molecule has 106 valence electrons. The lowest BCUT2D eigenvalue weighted by Crippen LogP contribution is -2.26. The summed E-state index contributed by atoms with van der Waals surface area (Å²) in [6.07, 6.45) is 2.81. The zero-order valence-corrected chi connectivity index (χ0v) is 14.3. The number of thiazole rings is 1. The molecule has 1 unspecified atom stereocenters. The molecule has 0 aliphatic rings. The first-order valence-corrected chi connectivity index (χ1v) is 8.20. The Morgan fingerprint density at radius 1 is 1.55 bits per heavy atom. The van der Waals surface area contributed by atoms with E-state index in [0.29, 0.717) is 10.6 Å². The highest BCUT2D eigenvalue weighted by molar-refractivity contribution is 9.10. The second kappa shape index (κ2) is 6.70. The molecule has 3 nitrogen and oxygen atoms in total. The first-order chi connectivity index (χ1) is 9.51. The molecular weight excluding hydrogens is 360 g/mol. The molecule has 0 saturated heterocycles. The van der Waals surface area contributed by atoms with Gasteiger partial charge < -0.3 is 5.32 Å². The molecule has 0 bridgehead atoms. The smallest absolute Gasteiger partial charge is 0.253 e. The molecule has 2 rings (SSSR count). The normalized spacial score (nSPS) is 12.2. The Labute approximate surface area is 135 Å². The van der Waals surface area contributed by atoms with Crippen LogP contribution >= 0.6 is 38.9 Å². The predicted octanol–water partition coefficient (Wildman–Crippen LogP) is 4.61. The van der Waals surface area contributed by atoms with Crippen molar-refractivity contribution in [2.24, 2.45) is 0 Å². The van der Waals surface area contributed by atoms with Crippen molar-refractivity contribution >= 4 is 44.8 Å². The van der Waals surface area contributed by atoms with Crippen LogP contribution in [0.5, 0.6) is 0 Å². The van der Waals surface area contributed by atoms with E-state index < -0.39 is 0 Å². The number of rotatable bonds is 4. The fraction of sp³-hybridized carbons (Fsp3) is 0.286. The first kappa shape index (κ1) is 15.5. The van der Waals surface area contributed by atoms with Crippen LogP contribution in [0.3, 0.4) is 0 Å². The zero-order valence-electron chi connectivity index (χ0n) is 11.1. The van der Waals surface area contributed by atoms with Crippen molar-refractivity contribution in [2.45, 2.75) is 26.3 Å². The maximum Gasteiger partial charge on any atom is 0.253 e. The van der Waals surface area contributed by atoms with Crippen molar-refractivity contribution in [2.75, 3.05) is 0 Å². The van der Waals surface area contributed by atoms with Crippen LogP contribution < -0.4 is 5.32 Å². The minimum atomic E-state index is -0.197. The third-order valence-corrected chi connectivity index (χ3v) is 4.96. The van der Waals surface area contributed by atoms with Crippen LogP contribution in [0.1, 0.15) is 40.1 Å². The molecule has 0 saturated carbocycles. The Balaban J connectivity index is 2.12. The minimum Gasteiger partial charge on any atom is -0.343 e. The lowest BCUT2D eigenvalue weighted by atomic mass is 10.2.